The normalized spacial score (nSPS) is 12.9. The van der Waals surface area contributed by atoms with Crippen molar-refractivity contribution in [1.82, 2.24) is 4.72 Å². The number of hydrogen-bond acceptors (Lipinski definition) is 6. The zero-order chi connectivity index (χ0) is 18.7. The smallest absolute Gasteiger partial charge is 0.240 e. The molecule has 138 valence electrons. The van der Waals surface area contributed by atoms with Gasteiger partial charge in [0.05, 0.1) is 12.0 Å². The number of nitrogens with one attached hydrogen (secondary N) is 1. The molecule has 0 saturated carbocycles. The van der Waals surface area contributed by atoms with Crippen LogP contribution < -0.4 is 9.46 Å². The summed E-state index contributed by atoms with van der Waals surface area (Å²) in [6.07, 6.45) is -1.09. The Morgan fingerprint density at radius 3 is 2.73 bits per heavy atom. The van der Waals surface area contributed by atoms with E-state index in [4.69, 9.17) is 9.15 Å². The zero-order valence-electron chi connectivity index (χ0n) is 14.3. The molecule has 3 aromatic rings. The maximum Gasteiger partial charge on any atom is 0.240 e. The van der Waals surface area contributed by atoms with Crippen molar-refractivity contribution < 1.29 is 22.7 Å². The maximum atomic E-state index is 12.5. The molecule has 0 bridgehead atoms. The third-order valence-corrected chi connectivity index (χ3v) is 6.17. The molecule has 26 heavy (non-hydrogen) atoms. The maximum absolute atomic E-state index is 12.5. The van der Waals surface area contributed by atoms with Gasteiger partial charge in [0, 0.05) is 17.5 Å². The number of rotatable bonds is 7. The number of aryl methyl sites for hydroxylation is 1. The summed E-state index contributed by atoms with van der Waals surface area (Å²) >= 11 is 1.54. The number of benzene rings is 1. The topological polar surface area (TPSA) is 88.8 Å². The second-order valence-corrected chi connectivity index (χ2v) is 8.23. The predicted octanol–water partition coefficient (Wildman–Crippen LogP) is 3.34. The molecular weight excluding hydrogens is 374 g/mol. The highest BCUT2D eigenvalue weighted by atomic mass is 32.2. The van der Waals surface area contributed by atoms with E-state index in [1.165, 1.54) is 13.2 Å². The Balaban J connectivity index is 1.69. The Morgan fingerprint density at radius 1 is 1.27 bits per heavy atom. The lowest BCUT2D eigenvalue weighted by Crippen LogP contribution is -2.29. The van der Waals surface area contributed by atoms with Gasteiger partial charge in [0.1, 0.15) is 23.4 Å². The third-order valence-electron chi connectivity index (χ3n) is 3.90. The number of thiophene rings is 1. The molecule has 0 spiro atoms. The van der Waals surface area contributed by atoms with E-state index in [1.54, 1.807) is 42.5 Å². The quantitative estimate of drug-likeness (QED) is 0.643. The minimum absolute atomic E-state index is 0.143. The number of aliphatic hydroxyl groups is 1. The second-order valence-electron chi connectivity index (χ2n) is 5.71. The fraction of sp³-hybridized carbons (Fsp3) is 0.222. The Hall–Kier alpha value is -2.13. The van der Waals surface area contributed by atoms with Crippen LogP contribution in [0.25, 0.3) is 11.3 Å². The number of sulfonamides is 1. The Morgan fingerprint density at radius 2 is 2.08 bits per heavy atom. The predicted molar refractivity (Wildman–Crippen MR) is 99.9 cm³/mol. The van der Waals surface area contributed by atoms with Crippen molar-refractivity contribution in [2.75, 3.05) is 13.7 Å². The molecule has 8 heteroatoms. The Kier molecular flexibility index (Phi) is 5.47. The molecule has 2 heterocycles. The fourth-order valence-electron chi connectivity index (χ4n) is 2.51. The minimum atomic E-state index is -3.76. The van der Waals surface area contributed by atoms with Crippen LogP contribution in [-0.2, 0) is 10.0 Å². The van der Waals surface area contributed by atoms with Crippen molar-refractivity contribution in [2.45, 2.75) is 17.9 Å². The molecular formula is C18H19NO5S2. The molecule has 0 fully saturated rings. The molecule has 1 atom stereocenters. The van der Waals surface area contributed by atoms with Gasteiger partial charge < -0.3 is 14.3 Å². The first-order chi connectivity index (χ1) is 12.4. The van der Waals surface area contributed by atoms with Gasteiger partial charge in [-0.1, -0.05) is 0 Å². The number of ether oxygens (including phenoxy) is 1. The van der Waals surface area contributed by atoms with Crippen LogP contribution in [-0.4, -0.2) is 27.2 Å². The molecule has 0 saturated heterocycles. The molecule has 1 aromatic carbocycles. The molecule has 0 unspecified atom stereocenters. The molecule has 6 nitrogen and oxygen atoms in total. The molecule has 0 radical (unpaired) electrons. The Labute approximate surface area is 156 Å². The lowest BCUT2D eigenvalue weighted by molar-refractivity contribution is 0.155. The van der Waals surface area contributed by atoms with Crippen LogP contribution >= 0.6 is 11.3 Å². The van der Waals surface area contributed by atoms with Crippen LogP contribution in [0, 0.1) is 6.92 Å². The van der Waals surface area contributed by atoms with Crippen LogP contribution in [0.2, 0.25) is 0 Å². The first kappa shape index (κ1) is 18.7. The summed E-state index contributed by atoms with van der Waals surface area (Å²) in [4.78, 5) is 0.143. The van der Waals surface area contributed by atoms with Gasteiger partial charge in [-0.3, -0.25) is 0 Å². The van der Waals surface area contributed by atoms with Crippen molar-refractivity contribution >= 4 is 21.4 Å². The SMILES string of the molecule is COc1ccc(S(=O)(=O)NC[C@@H](O)c2ccc(-c3ccsc3)o2)c(C)c1. The summed E-state index contributed by atoms with van der Waals surface area (Å²) in [5.41, 5.74) is 1.48. The van der Waals surface area contributed by atoms with Crippen molar-refractivity contribution in [1.29, 1.82) is 0 Å². The summed E-state index contributed by atoms with van der Waals surface area (Å²) in [7, 11) is -2.24. The fourth-order valence-corrected chi connectivity index (χ4v) is 4.42. The van der Waals surface area contributed by atoms with Crippen LogP contribution in [0.15, 0.2) is 56.5 Å². The van der Waals surface area contributed by atoms with Gasteiger partial charge in [0.25, 0.3) is 0 Å². The number of methoxy groups -OCH3 is 1. The molecule has 3 rings (SSSR count). The van der Waals surface area contributed by atoms with Gasteiger partial charge in [-0.05, 0) is 54.3 Å². The average Bonchev–Trinajstić information content (AvgIpc) is 3.30. The van der Waals surface area contributed by atoms with E-state index in [1.807, 2.05) is 16.8 Å². The largest absolute Gasteiger partial charge is 0.497 e. The first-order valence-corrected chi connectivity index (χ1v) is 10.3. The average molecular weight is 393 g/mol. The van der Waals surface area contributed by atoms with Crippen LogP contribution in [0.3, 0.4) is 0 Å². The van der Waals surface area contributed by atoms with Gasteiger partial charge in [-0.2, -0.15) is 11.3 Å². The van der Waals surface area contributed by atoms with Crippen molar-refractivity contribution in [3.63, 3.8) is 0 Å². The molecule has 2 N–H and O–H groups in total. The lowest BCUT2D eigenvalue weighted by atomic mass is 10.2. The summed E-state index contributed by atoms with van der Waals surface area (Å²) in [6.45, 7) is 1.50. The van der Waals surface area contributed by atoms with E-state index in [0.717, 1.165) is 5.56 Å². The van der Waals surface area contributed by atoms with Crippen LogP contribution in [0.5, 0.6) is 5.75 Å². The molecule has 0 aliphatic rings. The minimum Gasteiger partial charge on any atom is -0.497 e. The highest BCUT2D eigenvalue weighted by molar-refractivity contribution is 7.89. The van der Waals surface area contributed by atoms with E-state index < -0.39 is 16.1 Å². The zero-order valence-corrected chi connectivity index (χ0v) is 15.9. The third kappa shape index (κ3) is 3.99. The summed E-state index contributed by atoms with van der Waals surface area (Å²) in [5.74, 6) is 1.52. The monoisotopic (exact) mass is 393 g/mol. The van der Waals surface area contributed by atoms with E-state index in [0.29, 0.717) is 22.8 Å². The van der Waals surface area contributed by atoms with Gasteiger partial charge in [0.15, 0.2) is 0 Å². The van der Waals surface area contributed by atoms with Gasteiger partial charge in [0.2, 0.25) is 10.0 Å². The van der Waals surface area contributed by atoms with E-state index >= 15 is 0 Å². The highest BCUT2D eigenvalue weighted by Crippen LogP contribution is 2.27. The molecule has 2 aromatic heterocycles. The first-order valence-electron chi connectivity index (χ1n) is 7.85. The summed E-state index contributed by atoms with van der Waals surface area (Å²) < 4.78 is 38.1. The Bertz CT molecular complexity index is 977. The highest BCUT2D eigenvalue weighted by Gasteiger charge is 2.21. The summed E-state index contributed by atoms with van der Waals surface area (Å²) in [6, 6.07) is 10.0. The van der Waals surface area contributed by atoms with E-state index in [2.05, 4.69) is 4.72 Å². The number of aliphatic hydroxyl groups excluding tert-OH is 1. The number of hydrogen-bond donors (Lipinski definition) is 2. The van der Waals surface area contributed by atoms with E-state index in [9.17, 15) is 13.5 Å². The van der Waals surface area contributed by atoms with Gasteiger partial charge >= 0.3 is 0 Å². The molecule has 0 aliphatic heterocycles. The second kappa shape index (κ2) is 7.63. The van der Waals surface area contributed by atoms with Crippen molar-refractivity contribution in [3.8, 4) is 17.1 Å². The van der Waals surface area contributed by atoms with Gasteiger partial charge in [-0.15, -0.1) is 0 Å². The van der Waals surface area contributed by atoms with Crippen molar-refractivity contribution in [2.24, 2.45) is 0 Å². The van der Waals surface area contributed by atoms with Crippen LogP contribution in [0.1, 0.15) is 17.4 Å². The van der Waals surface area contributed by atoms with E-state index in [-0.39, 0.29) is 11.4 Å². The van der Waals surface area contributed by atoms with Crippen molar-refractivity contribution in [3.05, 3.63) is 58.5 Å². The standard InChI is InChI=1S/C18H19NO5S2/c1-12-9-14(23-2)3-6-18(12)26(21,22)19-10-15(20)17-5-4-16(24-17)13-7-8-25-11-13/h3-9,11,15,19-20H,10H2,1-2H3/t15-/m1/s1. The molecule has 0 aliphatic carbocycles. The van der Waals surface area contributed by atoms with Gasteiger partial charge in [-0.25, -0.2) is 13.1 Å². The number of furan rings is 1. The van der Waals surface area contributed by atoms with Crippen LogP contribution in [0.4, 0.5) is 0 Å². The lowest BCUT2D eigenvalue weighted by Gasteiger charge is -2.12. The summed E-state index contributed by atoms with van der Waals surface area (Å²) in [5, 5.41) is 14.1. The molecule has 0 amide bonds.